The number of carbonyl (C=O) groups is 2. The summed E-state index contributed by atoms with van der Waals surface area (Å²) in [5, 5.41) is 12.9. The molecule has 2 amide bonds. The lowest BCUT2D eigenvalue weighted by Gasteiger charge is -2.24. The monoisotopic (exact) mass is 404 g/mol. The number of nitrogens with zero attached hydrogens (tertiary/aromatic N) is 1. The number of hydrogen-bond acceptors (Lipinski definition) is 4. The molecule has 0 aliphatic carbocycles. The molecule has 1 heterocycles. The minimum Gasteiger partial charge on any atom is -0.484 e. The van der Waals surface area contributed by atoms with E-state index in [1.165, 1.54) is 6.92 Å². The second kappa shape index (κ2) is 8.57. The number of nitrogens with one attached hydrogen (secondary N) is 1. The Balaban J connectivity index is 1.50. The molecule has 0 radical (unpaired) electrons. The predicted molar refractivity (Wildman–Crippen MR) is 102 cm³/mol. The molecule has 0 unspecified atom stereocenters. The molecule has 2 N–H and O–H groups in total. The number of anilines is 1. The first-order valence-corrected chi connectivity index (χ1v) is 9.24. The molecule has 0 saturated carbocycles. The minimum absolute atomic E-state index is 0.0858. The number of ether oxygens (including phenoxy) is 1. The van der Waals surface area contributed by atoms with Crippen molar-refractivity contribution in [2.45, 2.75) is 25.4 Å². The van der Waals surface area contributed by atoms with Crippen LogP contribution >= 0.6 is 0 Å². The van der Waals surface area contributed by atoms with E-state index >= 15 is 0 Å². The van der Waals surface area contributed by atoms with E-state index in [0.717, 1.165) is 24.2 Å². The van der Waals surface area contributed by atoms with Crippen molar-refractivity contribution in [2.24, 2.45) is 0 Å². The van der Waals surface area contributed by atoms with Gasteiger partial charge in [-0.3, -0.25) is 9.59 Å². The second-order valence-electron chi connectivity index (χ2n) is 7.11. The van der Waals surface area contributed by atoms with Crippen molar-refractivity contribution in [3.05, 3.63) is 59.7 Å². The molecule has 0 spiro atoms. The molecule has 2 aromatic carbocycles. The maximum atomic E-state index is 13.8. The number of benzene rings is 2. The third-order valence-electron chi connectivity index (χ3n) is 4.73. The number of hydrogen-bond donors (Lipinski definition) is 2. The van der Waals surface area contributed by atoms with Crippen molar-refractivity contribution in [3.63, 3.8) is 0 Å². The largest absolute Gasteiger partial charge is 0.484 e. The molecule has 1 aliphatic heterocycles. The van der Waals surface area contributed by atoms with E-state index in [9.17, 15) is 23.5 Å². The predicted octanol–water partition coefficient (Wildman–Crippen LogP) is 2.49. The normalized spacial score (nSPS) is 15.9. The quantitative estimate of drug-likeness (QED) is 0.743. The molecule has 1 fully saturated rings. The van der Waals surface area contributed by atoms with Crippen LogP contribution in [0.3, 0.4) is 0 Å². The molecule has 0 aromatic heterocycles. The summed E-state index contributed by atoms with van der Waals surface area (Å²) in [6.07, 6.45) is 1.38. The molecule has 0 bridgehead atoms. The van der Waals surface area contributed by atoms with Gasteiger partial charge in [0.1, 0.15) is 23.0 Å². The molecule has 2 aromatic rings. The fraction of sp³-hybridized carbons (Fsp3) is 0.333. The molecule has 29 heavy (non-hydrogen) atoms. The highest BCUT2D eigenvalue weighted by molar-refractivity contribution is 5.95. The minimum atomic E-state index is -1.71. The summed E-state index contributed by atoms with van der Waals surface area (Å²) in [6, 6.07) is 9.68. The Morgan fingerprint density at radius 3 is 2.59 bits per heavy atom. The first-order valence-electron chi connectivity index (χ1n) is 9.24. The molecule has 1 saturated heterocycles. The second-order valence-corrected chi connectivity index (χ2v) is 7.11. The number of halogens is 2. The highest BCUT2D eigenvalue weighted by atomic mass is 19.1. The lowest BCUT2D eigenvalue weighted by atomic mass is 9.95. The number of amides is 2. The van der Waals surface area contributed by atoms with Gasteiger partial charge in [0.2, 0.25) is 5.91 Å². The highest BCUT2D eigenvalue weighted by Crippen LogP contribution is 2.25. The molecular weight excluding hydrogens is 382 g/mol. The fourth-order valence-corrected chi connectivity index (χ4v) is 3.14. The van der Waals surface area contributed by atoms with E-state index in [-0.39, 0.29) is 24.6 Å². The topological polar surface area (TPSA) is 78.9 Å². The van der Waals surface area contributed by atoms with Crippen LogP contribution in [0.4, 0.5) is 14.5 Å². The van der Waals surface area contributed by atoms with Crippen LogP contribution in [-0.2, 0) is 15.2 Å². The maximum Gasteiger partial charge on any atom is 0.258 e. The zero-order valence-electron chi connectivity index (χ0n) is 16.0. The first kappa shape index (κ1) is 20.7. The standard InChI is InChI=1S/C21H22F2N2O4/c1-21(28,17-9-4-14(22)11-18(17)23)13-24-19(26)12-29-16-7-5-15(6-8-16)25-10-2-3-20(25)27/h4-9,11,28H,2-3,10,12-13H2,1H3,(H,24,26)/t21-/m0/s1. The molecule has 3 rings (SSSR count). The molecule has 1 aliphatic rings. The van der Waals surface area contributed by atoms with Gasteiger partial charge in [-0.15, -0.1) is 0 Å². The Morgan fingerprint density at radius 1 is 1.24 bits per heavy atom. The van der Waals surface area contributed by atoms with Crippen molar-refractivity contribution in [3.8, 4) is 5.75 Å². The van der Waals surface area contributed by atoms with Crippen LogP contribution < -0.4 is 15.0 Å². The molecule has 154 valence electrons. The van der Waals surface area contributed by atoms with Crippen LogP contribution in [0, 0.1) is 11.6 Å². The molecule has 6 nitrogen and oxygen atoms in total. The zero-order valence-corrected chi connectivity index (χ0v) is 16.0. The van der Waals surface area contributed by atoms with Gasteiger partial charge in [0.25, 0.3) is 5.91 Å². The summed E-state index contributed by atoms with van der Waals surface area (Å²) >= 11 is 0. The zero-order chi connectivity index (χ0) is 21.0. The highest BCUT2D eigenvalue weighted by Gasteiger charge is 2.27. The lowest BCUT2D eigenvalue weighted by molar-refractivity contribution is -0.124. The summed E-state index contributed by atoms with van der Waals surface area (Å²) in [6.45, 7) is 1.44. The number of rotatable bonds is 7. The smallest absolute Gasteiger partial charge is 0.258 e. The summed E-state index contributed by atoms with van der Waals surface area (Å²) in [5.41, 5.74) is -1.05. The molecule has 8 heteroatoms. The van der Waals surface area contributed by atoms with Crippen molar-refractivity contribution in [1.29, 1.82) is 0 Å². The Labute approximate surface area is 167 Å². The first-order chi connectivity index (χ1) is 13.8. The van der Waals surface area contributed by atoms with E-state index in [1.54, 1.807) is 29.2 Å². The molecular formula is C21H22F2N2O4. The van der Waals surface area contributed by atoms with Gasteiger partial charge in [-0.1, -0.05) is 6.07 Å². The Morgan fingerprint density at radius 2 is 1.97 bits per heavy atom. The summed E-state index contributed by atoms with van der Waals surface area (Å²) in [4.78, 5) is 25.4. The SMILES string of the molecule is C[C@](O)(CNC(=O)COc1ccc(N2CCCC2=O)cc1)c1ccc(F)cc1F. The summed E-state index contributed by atoms with van der Waals surface area (Å²) in [5.74, 6) is -1.61. The van der Waals surface area contributed by atoms with Crippen LogP contribution in [-0.4, -0.2) is 36.6 Å². The van der Waals surface area contributed by atoms with Gasteiger partial charge in [-0.2, -0.15) is 0 Å². The van der Waals surface area contributed by atoms with Crippen molar-refractivity contribution >= 4 is 17.5 Å². The van der Waals surface area contributed by atoms with Gasteiger partial charge in [0.15, 0.2) is 6.61 Å². The number of carbonyl (C=O) groups excluding carboxylic acids is 2. The summed E-state index contributed by atoms with van der Waals surface area (Å²) in [7, 11) is 0. The van der Waals surface area contributed by atoms with E-state index in [4.69, 9.17) is 4.74 Å². The van der Waals surface area contributed by atoms with E-state index in [0.29, 0.717) is 24.8 Å². The van der Waals surface area contributed by atoms with E-state index in [2.05, 4.69) is 5.32 Å². The average Bonchev–Trinajstić information content (AvgIpc) is 3.11. The van der Waals surface area contributed by atoms with Crippen LogP contribution in [0.25, 0.3) is 0 Å². The van der Waals surface area contributed by atoms with E-state index in [1.807, 2.05) is 0 Å². The number of aliphatic hydroxyl groups is 1. The van der Waals surface area contributed by atoms with Crippen LogP contribution in [0.15, 0.2) is 42.5 Å². The Kier molecular flexibility index (Phi) is 6.12. The Bertz CT molecular complexity index is 900. The van der Waals surface area contributed by atoms with E-state index < -0.39 is 23.1 Å². The summed E-state index contributed by atoms with van der Waals surface area (Å²) < 4.78 is 32.3. The van der Waals surface area contributed by atoms with Gasteiger partial charge < -0.3 is 20.1 Å². The van der Waals surface area contributed by atoms with Gasteiger partial charge in [-0.25, -0.2) is 8.78 Å². The van der Waals surface area contributed by atoms with Crippen molar-refractivity contribution in [1.82, 2.24) is 5.32 Å². The van der Waals surface area contributed by atoms with Gasteiger partial charge in [0.05, 0.1) is 6.54 Å². The Hall–Kier alpha value is -3.00. The van der Waals surface area contributed by atoms with Crippen LogP contribution in [0.1, 0.15) is 25.3 Å². The average molecular weight is 404 g/mol. The maximum absolute atomic E-state index is 13.8. The fourth-order valence-electron chi connectivity index (χ4n) is 3.14. The van der Waals surface area contributed by atoms with Crippen LogP contribution in [0.5, 0.6) is 5.75 Å². The third-order valence-corrected chi connectivity index (χ3v) is 4.73. The molecule has 1 atom stereocenters. The van der Waals surface area contributed by atoms with Crippen LogP contribution in [0.2, 0.25) is 0 Å². The third kappa shape index (κ3) is 5.08. The van der Waals surface area contributed by atoms with Crippen molar-refractivity contribution < 1.29 is 28.2 Å². The van der Waals surface area contributed by atoms with Gasteiger partial charge in [-0.05, 0) is 43.7 Å². The van der Waals surface area contributed by atoms with Gasteiger partial charge in [0, 0.05) is 30.3 Å². The van der Waals surface area contributed by atoms with Crippen molar-refractivity contribution in [2.75, 3.05) is 24.6 Å². The van der Waals surface area contributed by atoms with Gasteiger partial charge >= 0.3 is 0 Å². The lowest BCUT2D eigenvalue weighted by Crippen LogP contribution is -2.41.